The van der Waals surface area contributed by atoms with Crippen LogP contribution in [0.1, 0.15) is 32.3 Å². The standard InChI is InChI=1S/C21H25N3O3S/c1-14-5-10-17(11-6-14)28(26,27)22-15-7-12-18-19(13-15)24(16-8-9-16)21(2,3)20(25)23(18)4/h5-7,10-13,16,22H,8-9H2,1-4H3. The third-order valence-electron chi connectivity index (χ3n) is 5.52. The number of amides is 1. The van der Waals surface area contributed by atoms with Crippen LogP contribution in [-0.4, -0.2) is 33.0 Å². The lowest BCUT2D eigenvalue weighted by atomic mass is 9.94. The fraction of sp³-hybridized carbons (Fsp3) is 0.381. The third-order valence-corrected chi connectivity index (χ3v) is 6.92. The zero-order chi connectivity index (χ0) is 20.3. The molecule has 1 aliphatic heterocycles. The van der Waals surface area contributed by atoms with Crippen LogP contribution in [0.15, 0.2) is 47.4 Å². The molecule has 148 valence electrons. The molecule has 28 heavy (non-hydrogen) atoms. The lowest BCUT2D eigenvalue weighted by Crippen LogP contribution is -2.60. The molecule has 0 aromatic heterocycles. The highest BCUT2D eigenvalue weighted by Crippen LogP contribution is 2.47. The second-order valence-corrected chi connectivity index (χ2v) is 9.83. The first-order valence-corrected chi connectivity index (χ1v) is 10.9. The van der Waals surface area contributed by atoms with Crippen molar-refractivity contribution in [2.75, 3.05) is 21.6 Å². The average molecular weight is 400 g/mol. The summed E-state index contributed by atoms with van der Waals surface area (Å²) in [4.78, 5) is 16.9. The summed E-state index contributed by atoms with van der Waals surface area (Å²) in [5.41, 5.74) is 2.51. The van der Waals surface area contributed by atoms with Gasteiger partial charge in [0, 0.05) is 13.1 Å². The van der Waals surface area contributed by atoms with Crippen molar-refractivity contribution in [3.05, 3.63) is 48.0 Å². The number of benzene rings is 2. The van der Waals surface area contributed by atoms with Crippen LogP contribution in [0.5, 0.6) is 0 Å². The van der Waals surface area contributed by atoms with Crippen molar-refractivity contribution < 1.29 is 13.2 Å². The monoisotopic (exact) mass is 399 g/mol. The van der Waals surface area contributed by atoms with Gasteiger partial charge in [-0.15, -0.1) is 0 Å². The van der Waals surface area contributed by atoms with Crippen molar-refractivity contribution >= 4 is 33.0 Å². The highest BCUT2D eigenvalue weighted by Gasteiger charge is 2.48. The summed E-state index contributed by atoms with van der Waals surface area (Å²) >= 11 is 0. The van der Waals surface area contributed by atoms with Crippen LogP contribution in [-0.2, 0) is 14.8 Å². The summed E-state index contributed by atoms with van der Waals surface area (Å²) in [7, 11) is -1.91. The molecule has 1 saturated carbocycles. The number of nitrogens with one attached hydrogen (secondary N) is 1. The predicted molar refractivity (Wildman–Crippen MR) is 111 cm³/mol. The molecule has 1 fully saturated rings. The molecule has 6 nitrogen and oxygen atoms in total. The Kier molecular flexibility index (Phi) is 4.19. The predicted octanol–water partition coefficient (Wildman–Crippen LogP) is 3.52. The highest BCUT2D eigenvalue weighted by atomic mass is 32.2. The zero-order valence-electron chi connectivity index (χ0n) is 16.6. The molecule has 7 heteroatoms. The average Bonchev–Trinajstić information content (AvgIpc) is 3.44. The number of fused-ring (bicyclic) bond motifs is 1. The largest absolute Gasteiger partial charge is 0.353 e. The van der Waals surface area contributed by atoms with E-state index >= 15 is 0 Å². The summed E-state index contributed by atoms with van der Waals surface area (Å²) in [6, 6.07) is 12.4. The van der Waals surface area contributed by atoms with Gasteiger partial charge >= 0.3 is 0 Å². The molecule has 0 unspecified atom stereocenters. The fourth-order valence-electron chi connectivity index (χ4n) is 3.90. The van der Waals surface area contributed by atoms with Gasteiger partial charge in [-0.1, -0.05) is 17.7 Å². The van der Waals surface area contributed by atoms with Gasteiger partial charge in [0.05, 0.1) is 22.0 Å². The van der Waals surface area contributed by atoms with E-state index in [0.717, 1.165) is 29.8 Å². The smallest absolute Gasteiger partial charge is 0.261 e. The molecule has 0 radical (unpaired) electrons. The molecule has 0 spiro atoms. The Hall–Kier alpha value is -2.54. The molecule has 0 saturated heterocycles. The van der Waals surface area contributed by atoms with Gasteiger partial charge < -0.3 is 9.80 Å². The molecular weight excluding hydrogens is 374 g/mol. The zero-order valence-corrected chi connectivity index (χ0v) is 17.4. The van der Waals surface area contributed by atoms with Gasteiger partial charge in [0.2, 0.25) is 0 Å². The number of nitrogens with zero attached hydrogens (tertiary/aromatic N) is 2. The third kappa shape index (κ3) is 3.03. The van der Waals surface area contributed by atoms with E-state index in [0.29, 0.717) is 11.7 Å². The first-order chi connectivity index (χ1) is 13.1. The quantitative estimate of drug-likeness (QED) is 0.854. The number of aryl methyl sites for hydroxylation is 1. The minimum Gasteiger partial charge on any atom is -0.353 e. The minimum atomic E-state index is -3.68. The minimum absolute atomic E-state index is 0.0416. The maximum Gasteiger partial charge on any atom is 0.261 e. The Labute approximate surface area is 166 Å². The number of rotatable bonds is 4. The van der Waals surface area contributed by atoms with E-state index in [1.165, 1.54) is 0 Å². The summed E-state index contributed by atoms with van der Waals surface area (Å²) in [6.45, 7) is 5.77. The molecule has 1 aliphatic carbocycles. The number of sulfonamides is 1. The topological polar surface area (TPSA) is 69.7 Å². The van der Waals surface area contributed by atoms with Gasteiger partial charge in [0.1, 0.15) is 5.54 Å². The van der Waals surface area contributed by atoms with Crippen molar-refractivity contribution in [1.82, 2.24) is 0 Å². The number of carbonyl (C=O) groups is 1. The van der Waals surface area contributed by atoms with E-state index in [1.807, 2.05) is 32.9 Å². The molecule has 2 aromatic rings. The van der Waals surface area contributed by atoms with Crippen molar-refractivity contribution in [3.8, 4) is 0 Å². The number of hydrogen-bond donors (Lipinski definition) is 1. The van der Waals surface area contributed by atoms with E-state index in [1.54, 1.807) is 42.3 Å². The second kappa shape index (κ2) is 6.24. The lowest BCUT2D eigenvalue weighted by Gasteiger charge is -2.47. The van der Waals surface area contributed by atoms with Gasteiger partial charge in [-0.2, -0.15) is 0 Å². The van der Waals surface area contributed by atoms with E-state index < -0.39 is 15.6 Å². The molecule has 1 heterocycles. The highest BCUT2D eigenvalue weighted by molar-refractivity contribution is 7.92. The van der Waals surface area contributed by atoms with E-state index in [2.05, 4.69) is 9.62 Å². The van der Waals surface area contributed by atoms with Crippen molar-refractivity contribution in [2.24, 2.45) is 0 Å². The normalized spacial score (nSPS) is 18.8. The molecular formula is C21H25N3O3S. The maximum absolute atomic E-state index is 12.9. The van der Waals surface area contributed by atoms with Gasteiger partial charge in [-0.05, 0) is 63.9 Å². The number of carbonyl (C=O) groups excluding carboxylic acids is 1. The number of likely N-dealkylation sites (N-methyl/N-ethyl adjacent to an activating group) is 1. The van der Waals surface area contributed by atoms with Gasteiger partial charge in [-0.3, -0.25) is 9.52 Å². The Morgan fingerprint density at radius 2 is 1.68 bits per heavy atom. The molecule has 2 aliphatic rings. The summed E-state index contributed by atoms with van der Waals surface area (Å²) in [6.07, 6.45) is 2.08. The molecule has 1 N–H and O–H groups in total. The summed E-state index contributed by atoms with van der Waals surface area (Å²) in [5.74, 6) is 0.0416. The molecule has 4 rings (SSSR count). The first-order valence-electron chi connectivity index (χ1n) is 9.42. The van der Waals surface area contributed by atoms with Crippen LogP contribution in [0.4, 0.5) is 17.1 Å². The number of hydrogen-bond acceptors (Lipinski definition) is 4. The molecule has 1 amide bonds. The maximum atomic E-state index is 12.9. The molecule has 0 atom stereocenters. The van der Waals surface area contributed by atoms with E-state index in [-0.39, 0.29) is 10.8 Å². The van der Waals surface area contributed by atoms with E-state index in [4.69, 9.17) is 0 Å². The van der Waals surface area contributed by atoms with Gasteiger partial charge in [0.15, 0.2) is 0 Å². The van der Waals surface area contributed by atoms with Gasteiger partial charge in [-0.25, -0.2) is 8.42 Å². The summed E-state index contributed by atoms with van der Waals surface area (Å²) in [5, 5.41) is 0. The SMILES string of the molecule is Cc1ccc(S(=O)(=O)Nc2ccc3c(c2)N(C2CC2)C(C)(C)C(=O)N3C)cc1. The Morgan fingerprint density at radius 3 is 2.29 bits per heavy atom. The van der Waals surface area contributed by atoms with Crippen molar-refractivity contribution in [1.29, 1.82) is 0 Å². The van der Waals surface area contributed by atoms with Crippen LogP contribution in [0.25, 0.3) is 0 Å². The van der Waals surface area contributed by atoms with Crippen LogP contribution >= 0.6 is 0 Å². The van der Waals surface area contributed by atoms with Crippen molar-refractivity contribution in [2.45, 2.75) is 50.1 Å². The van der Waals surface area contributed by atoms with E-state index in [9.17, 15) is 13.2 Å². The number of anilines is 3. The van der Waals surface area contributed by atoms with Crippen LogP contribution in [0, 0.1) is 6.92 Å². The lowest BCUT2D eigenvalue weighted by molar-refractivity contribution is -0.122. The Morgan fingerprint density at radius 1 is 1.04 bits per heavy atom. The second-order valence-electron chi connectivity index (χ2n) is 8.15. The van der Waals surface area contributed by atoms with Gasteiger partial charge in [0.25, 0.3) is 15.9 Å². The molecule has 2 aromatic carbocycles. The molecule has 0 bridgehead atoms. The van der Waals surface area contributed by atoms with Crippen LogP contribution in [0.3, 0.4) is 0 Å². The van der Waals surface area contributed by atoms with Crippen LogP contribution < -0.4 is 14.5 Å². The van der Waals surface area contributed by atoms with Crippen molar-refractivity contribution in [3.63, 3.8) is 0 Å². The fourth-order valence-corrected chi connectivity index (χ4v) is 4.95. The Balaban J connectivity index is 1.73. The summed E-state index contributed by atoms with van der Waals surface area (Å²) < 4.78 is 28.2. The van der Waals surface area contributed by atoms with Crippen LogP contribution in [0.2, 0.25) is 0 Å². The Bertz CT molecular complexity index is 1040. The first kappa shape index (κ1) is 18.8.